The van der Waals surface area contributed by atoms with Crippen LogP contribution in [0.5, 0.6) is 5.75 Å². The zero-order valence-electron chi connectivity index (χ0n) is 52.7. The minimum Gasteiger partial charge on any atom is -0.508 e. The molecule has 18 N–H and O–H groups in total. The second-order valence-corrected chi connectivity index (χ2v) is 24.1. The number of phenols is 1. The minimum atomic E-state index is -1.56. The first-order valence-electron chi connectivity index (χ1n) is 30.9. The van der Waals surface area contributed by atoms with Crippen molar-refractivity contribution in [1.82, 2.24) is 57.7 Å². The highest BCUT2D eigenvalue weighted by Gasteiger charge is 2.41. The number of amides is 10. The molecule has 5 rings (SSSR count). The van der Waals surface area contributed by atoms with Gasteiger partial charge in [0.2, 0.25) is 59.1 Å². The third kappa shape index (κ3) is 22.8. The number of hydrogen-bond acceptors (Lipinski definition) is 18. The maximum atomic E-state index is 15.0. The van der Waals surface area contributed by atoms with Crippen LogP contribution >= 0.6 is 25.3 Å². The summed E-state index contributed by atoms with van der Waals surface area (Å²) >= 11 is 8.57. The van der Waals surface area contributed by atoms with Crippen LogP contribution in [0, 0.1) is 5.92 Å². The fourth-order valence-corrected chi connectivity index (χ4v) is 10.9. The smallest absolute Gasteiger partial charge is 0.326 e. The van der Waals surface area contributed by atoms with Gasteiger partial charge in [-0.2, -0.15) is 25.3 Å². The number of nitrogens with zero attached hydrogens (tertiary/aromatic N) is 1. The van der Waals surface area contributed by atoms with Crippen molar-refractivity contribution in [1.29, 1.82) is 0 Å². The van der Waals surface area contributed by atoms with Crippen molar-refractivity contribution in [2.24, 2.45) is 17.4 Å². The number of nitrogens with two attached hydrogens (primary N) is 2. The summed E-state index contributed by atoms with van der Waals surface area (Å²) in [6.45, 7) is 5.97. The molecule has 2 heterocycles. The fraction of sp³-hybridized carbons (Fsp3) is 0.492. The Hall–Kier alpha value is -8.78. The molecule has 0 bridgehead atoms. The van der Waals surface area contributed by atoms with E-state index in [0.29, 0.717) is 40.4 Å². The molecule has 12 atom stereocenters. The monoisotopic (exact) mass is 1350 g/mol. The average Bonchev–Trinajstić information content (AvgIpc) is 1.63. The maximum absolute atomic E-state index is 15.0. The number of phenolic OH excluding ortho intramolecular Hbond substituents is 1. The first-order chi connectivity index (χ1) is 44.7. The van der Waals surface area contributed by atoms with Crippen LogP contribution in [0.4, 0.5) is 0 Å². The molecule has 31 heteroatoms. The maximum Gasteiger partial charge on any atom is 0.326 e. The van der Waals surface area contributed by atoms with Crippen LogP contribution in [0.3, 0.4) is 0 Å². The number of likely N-dealkylation sites (tertiary alicyclic amines) is 1. The normalized spacial score (nSPS) is 16.4. The van der Waals surface area contributed by atoms with Crippen LogP contribution < -0.4 is 59.3 Å². The Kier molecular flexibility index (Phi) is 30.0. The molecule has 0 radical (unpaired) electrons. The number of aliphatic hydroxyl groups is 1. The third-order valence-electron chi connectivity index (χ3n) is 15.7. The van der Waals surface area contributed by atoms with Gasteiger partial charge >= 0.3 is 11.9 Å². The van der Waals surface area contributed by atoms with E-state index in [0.717, 1.165) is 4.90 Å². The summed E-state index contributed by atoms with van der Waals surface area (Å²) in [7, 11) is 0. The second-order valence-electron chi connectivity index (χ2n) is 23.4. The highest BCUT2D eigenvalue weighted by atomic mass is 32.1. The SMILES string of the molecule is CC(C)[C@H](NC(=O)[C@H](CS)NC(=O)[C@H](Cc1ccc(O)cc1)NC(=O)[C@H](CCCCN)NC(=O)[C@H](Cc1c[nH]c2ccccc12)NC(=O)[C@H](Cc1ccccc1)NC(=O)[C@H](CS)NC(=O)[C@H](C)NC(=O)[C@H]1CCCN1C(=O)[C@@H](NC(=O)[C@@H](N)CCC(=O)O)[C@@H](C)O)C(=O)O. The highest BCUT2D eigenvalue weighted by molar-refractivity contribution is 7.80. The van der Waals surface area contributed by atoms with E-state index >= 15 is 4.79 Å². The van der Waals surface area contributed by atoms with Crippen LogP contribution in [-0.2, 0) is 76.8 Å². The molecule has 0 saturated carbocycles. The van der Waals surface area contributed by atoms with Crippen LogP contribution in [0.1, 0.15) is 89.3 Å². The lowest BCUT2D eigenvalue weighted by Gasteiger charge is -2.31. The number of thiol groups is 2. The van der Waals surface area contributed by atoms with Gasteiger partial charge in [0.25, 0.3) is 0 Å². The molecule has 3 aromatic carbocycles. The Morgan fingerprint density at radius 1 is 0.585 bits per heavy atom. The average molecular weight is 1350 g/mol. The van der Waals surface area contributed by atoms with Crippen molar-refractivity contribution in [2.75, 3.05) is 24.6 Å². The van der Waals surface area contributed by atoms with Gasteiger partial charge in [-0.3, -0.25) is 52.7 Å². The number of fused-ring (bicyclic) bond motifs is 1. The number of para-hydroxylation sites is 1. The number of rotatable bonds is 37. The summed E-state index contributed by atoms with van der Waals surface area (Å²) in [5.74, 6) is -12.4. The molecule has 1 saturated heterocycles. The van der Waals surface area contributed by atoms with Crippen LogP contribution in [0.25, 0.3) is 10.9 Å². The molecule has 512 valence electrons. The summed E-state index contributed by atoms with van der Waals surface area (Å²) in [5.41, 5.74) is 14.0. The van der Waals surface area contributed by atoms with Gasteiger partial charge in [0, 0.05) is 60.8 Å². The number of carboxylic acids is 2. The number of aliphatic carboxylic acids is 2. The number of H-pyrrole nitrogens is 1. The molecule has 29 nitrogen and oxygen atoms in total. The highest BCUT2D eigenvalue weighted by Crippen LogP contribution is 2.22. The number of carbonyl (C=O) groups excluding carboxylic acids is 10. The summed E-state index contributed by atoms with van der Waals surface area (Å²) in [6, 6.07) is 6.10. The van der Waals surface area contributed by atoms with Crippen molar-refractivity contribution in [3.05, 3.63) is 102 Å². The number of carboxylic acid groups (broad SMARTS) is 2. The molecule has 1 aliphatic rings. The van der Waals surface area contributed by atoms with Gasteiger partial charge in [-0.05, 0) is 99.7 Å². The lowest BCUT2D eigenvalue weighted by molar-refractivity contribution is -0.144. The molecule has 1 aliphatic heterocycles. The number of nitrogens with one attached hydrogen (secondary N) is 10. The predicted octanol–water partition coefficient (Wildman–Crippen LogP) is -1.42. The number of hydrogen-bond donors (Lipinski definition) is 18. The number of carbonyl (C=O) groups is 12. The molecule has 0 spiro atoms. The summed E-state index contributed by atoms with van der Waals surface area (Å²) < 4.78 is 0. The topological polar surface area (TPSA) is 465 Å². The summed E-state index contributed by atoms with van der Waals surface area (Å²) in [4.78, 5) is 168. The molecular formula is C63H87N13O16S2. The van der Waals surface area contributed by atoms with Crippen molar-refractivity contribution in [3.63, 3.8) is 0 Å². The van der Waals surface area contributed by atoms with Gasteiger partial charge in [0.15, 0.2) is 0 Å². The first kappa shape index (κ1) is 75.9. The van der Waals surface area contributed by atoms with E-state index in [1.165, 1.54) is 38.1 Å². The predicted molar refractivity (Wildman–Crippen MR) is 351 cm³/mol. The van der Waals surface area contributed by atoms with Gasteiger partial charge < -0.3 is 89.6 Å². The Bertz CT molecular complexity index is 3280. The number of unbranched alkanes of at least 4 members (excludes halogenated alkanes) is 1. The molecule has 10 amide bonds. The van der Waals surface area contributed by atoms with Crippen molar-refractivity contribution >= 4 is 107 Å². The Morgan fingerprint density at radius 3 is 1.64 bits per heavy atom. The van der Waals surface area contributed by atoms with E-state index in [1.54, 1.807) is 74.6 Å². The van der Waals surface area contributed by atoms with Crippen molar-refractivity contribution in [2.45, 2.75) is 164 Å². The van der Waals surface area contributed by atoms with E-state index in [1.807, 2.05) is 0 Å². The molecule has 0 unspecified atom stereocenters. The standard InChI is InChI=1S/C63H87N13O16S2/c1-33(2)51(63(91)92)74-60(88)48(32-94)73-57(85)45(28-37-19-21-39(78)22-20-37)69-55(83)43(17-10-11-25-64)68-58(86)46(29-38-30-66-42-16-9-8-15-40(38)42)71-56(84)44(27-36-13-6-5-7-14-36)70-59(87)47(31-93)72-53(81)34(3)67-61(89)49-18-12-26-76(49)62(90)52(35(4)77)75-54(82)41(65)23-24-50(79)80/h5-9,13-16,19-22,30,33-35,41,43-49,51-52,66,77-78,93-94H,10-12,17-18,23-29,31-32,64-65H2,1-4H3,(H,67,89)(H,68,86)(H,69,83)(H,70,87)(H,71,84)(H,72,81)(H,73,85)(H,74,88)(H,75,82)(H,79,80)(H,91,92)/t34-,35+,41-,43-,44-,45-,46-,47-,48-,49+,51-,52-/m0/s1. The number of aromatic hydroxyl groups is 1. The van der Waals surface area contributed by atoms with Crippen molar-refractivity contribution in [3.8, 4) is 5.75 Å². The Labute approximate surface area is 554 Å². The molecule has 1 aromatic heterocycles. The van der Waals surface area contributed by atoms with Gasteiger partial charge in [0.1, 0.15) is 66.2 Å². The minimum absolute atomic E-state index is 0.0326. The molecule has 1 fully saturated rings. The summed E-state index contributed by atoms with van der Waals surface area (Å²) in [5, 5.41) is 63.4. The van der Waals surface area contributed by atoms with Gasteiger partial charge in [-0.1, -0.05) is 74.5 Å². The number of aromatic nitrogens is 1. The largest absolute Gasteiger partial charge is 0.508 e. The van der Waals surface area contributed by atoms with E-state index in [-0.39, 0.29) is 75.3 Å². The second kappa shape index (κ2) is 37.2. The first-order valence-corrected chi connectivity index (χ1v) is 32.1. The van der Waals surface area contributed by atoms with Crippen LogP contribution in [0.15, 0.2) is 85.1 Å². The molecule has 4 aromatic rings. The van der Waals surface area contributed by atoms with Gasteiger partial charge in [-0.15, -0.1) is 0 Å². The third-order valence-corrected chi connectivity index (χ3v) is 16.5. The zero-order chi connectivity index (χ0) is 69.3. The molecule has 0 aliphatic carbocycles. The number of aliphatic hydroxyl groups excluding tert-OH is 1. The van der Waals surface area contributed by atoms with Crippen molar-refractivity contribution < 1.29 is 78.0 Å². The molecular weight excluding hydrogens is 1260 g/mol. The lowest BCUT2D eigenvalue weighted by atomic mass is 10.0. The quantitative estimate of drug-likeness (QED) is 0.0182. The Morgan fingerprint density at radius 2 is 1.09 bits per heavy atom. The van der Waals surface area contributed by atoms with E-state index in [4.69, 9.17) is 16.6 Å². The van der Waals surface area contributed by atoms with E-state index in [2.05, 4.69) is 78.1 Å². The van der Waals surface area contributed by atoms with Crippen LogP contribution in [0.2, 0.25) is 0 Å². The van der Waals surface area contributed by atoms with Gasteiger partial charge in [-0.25, -0.2) is 4.79 Å². The fourth-order valence-electron chi connectivity index (χ4n) is 10.4. The van der Waals surface area contributed by atoms with Gasteiger partial charge in [0.05, 0.1) is 12.1 Å². The van der Waals surface area contributed by atoms with E-state index in [9.17, 15) is 68.1 Å². The lowest BCUT2D eigenvalue weighted by Crippen LogP contribution is -2.61. The number of benzene rings is 3. The number of aromatic amines is 1. The van der Waals surface area contributed by atoms with Crippen LogP contribution in [-0.4, -0.2) is 198 Å². The van der Waals surface area contributed by atoms with E-state index < -0.39 is 156 Å². The Balaban J connectivity index is 1.38. The zero-order valence-corrected chi connectivity index (χ0v) is 54.5. The summed E-state index contributed by atoms with van der Waals surface area (Å²) in [6.07, 6.45) is 0.0779. The molecule has 94 heavy (non-hydrogen) atoms.